The molecule has 0 saturated heterocycles. The van der Waals surface area contributed by atoms with Gasteiger partial charge in [-0.1, -0.05) is 0 Å². The van der Waals surface area contributed by atoms with Crippen molar-refractivity contribution in [3.63, 3.8) is 0 Å². The van der Waals surface area contributed by atoms with Crippen molar-refractivity contribution in [2.24, 2.45) is 5.10 Å². The number of thiophene rings is 1. The summed E-state index contributed by atoms with van der Waals surface area (Å²) in [5, 5.41) is 13.1. The van der Waals surface area contributed by atoms with Crippen molar-refractivity contribution >= 4 is 28.5 Å². The van der Waals surface area contributed by atoms with Gasteiger partial charge in [0.1, 0.15) is 15.9 Å². The van der Waals surface area contributed by atoms with Crippen molar-refractivity contribution in [1.29, 1.82) is 5.26 Å². The summed E-state index contributed by atoms with van der Waals surface area (Å²) in [6.07, 6.45) is 4.77. The number of hydrazone groups is 1. The van der Waals surface area contributed by atoms with Crippen LogP contribution in [0.3, 0.4) is 0 Å². The van der Waals surface area contributed by atoms with Crippen LogP contribution < -0.4 is 11.2 Å². The highest BCUT2D eigenvalue weighted by molar-refractivity contribution is 7.18. The molecular weight excluding hydrogens is 274 g/mol. The molecule has 0 aliphatic carbocycles. The van der Waals surface area contributed by atoms with E-state index in [1.54, 1.807) is 31.5 Å². The molecule has 2 rings (SSSR count). The summed E-state index contributed by atoms with van der Waals surface area (Å²) in [7, 11) is 0. The highest BCUT2D eigenvalue weighted by Crippen LogP contribution is 2.29. The lowest BCUT2D eigenvalue weighted by Gasteiger charge is -1.97. The van der Waals surface area contributed by atoms with Crippen LogP contribution in [-0.2, 0) is 0 Å². The minimum Gasteiger partial charge on any atom is -0.389 e. The van der Waals surface area contributed by atoms with E-state index in [9.17, 15) is 4.79 Å². The van der Waals surface area contributed by atoms with E-state index < -0.39 is 0 Å². The van der Waals surface area contributed by atoms with Crippen LogP contribution in [0.15, 0.2) is 29.6 Å². The zero-order valence-electron chi connectivity index (χ0n) is 10.6. The third-order valence-electron chi connectivity index (χ3n) is 2.58. The second-order valence-electron chi connectivity index (χ2n) is 3.89. The highest BCUT2D eigenvalue weighted by atomic mass is 32.1. The minimum absolute atomic E-state index is 0.341. The van der Waals surface area contributed by atoms with E-state index in [2.05, 4.69) is 15.5 Å². The molecule has 0 aromatic carbocycles. The Morgan fingerprint density at radius 2 is 2.25 bits per heavy atom. The number of amides is 1. The van der Waals surface area contributed by atoms with Crippen molar-refractivity contribution in [2.45, 2.75) is 6.92 Å². The van der Waals surface area contributed by atoms with Gasteiger partial charge in [-0.3, -0.25) is 9.78 Å². The van der Waals surface area contributed by atoms with Gasteiger partial charge in [0.05, 0.1) is 11.8 Å². The zero-order chi connectivity index (χ0) is 14.5. The maximum Gasteiger partial charge on any atom is 0.281 e. The molecule has 0 bridgehead atoms. The number of nitrogens with two attached hydrogens (primary N) is 1. The Morgan fingerprint density at radius 1 is 1.55 bits per heavy atom. The van der Waals surface area contributed by atoms with Crippen LogP contribution in [0.1, 0.15) is 26.4 Å². The minimum atomic E-state index is -0.383. The molecule has 0 unspecified atom stereocenters. The monoisotopic (exact) mass is 285 g/mol. The number of carbonyl (C=O) groups is 1. The van der Waals surface area contributed by atoms with Gasteiger partial charge in [-0.25, -0.2) is 5.43 Å². The Kier molecular flexibility index (Phi) is 4.08. The predicted octanol–water partition coefficient (Wildman–Crippen LogP) is 1.67. The van der Waals surface area contributed by atoms with Gasteiger partial charge in [0.15, 0.2) is 0 Å². The summed E-state index contributed by atoms with van der Waals surface area (Å²) in [6, 6.07) is 5.50. The van der Waals surface area contributed by atoms with Crippen molar-refractivity contribution in [2.75, 3.05) is 5.73 Å². The average molecular weight is 285 g/mol. The number of hydrogen-bond donors (Lipinski definition) is 2. The summed E-state index contributed by atoms with van der Waals surface area (Å²) in [5.74, 6) is -0.383. The van der Waals surface area contributed by atoms with E-state index >= 15 is 0 Å². The molecule has 0 aliphatic rings. The number of anilines is 1. The first-order valence-corrected chi connectivity index (χ1v) is 6.47. The van der Waals surface area contributed by atoms with Crippen LogP contribution in [0.2, 0.25) is 0 Å². The first-order chi connectivity index (χ1) is 9.63. The molecule has 2 aromatic heterocycles. The van der Waals surface area contributed by atoms with E-state index in [-0.39, 0.29) is 5.91 Å². The standard InChI is InChI=1S/C13H11N5OS/c1-8-10(6-14)12(15)20-11(8)13(19)18-17-7-9-2-4-16-5-3-9/h2-5,7H,15H2,1H3,(H,18,19). The van der Waals surface area contributed by atoms with E-state index in [1.807, 2.05) is 6.07 Å². The lowest BCUT2D eigenvalue weighted by Crippen LogP contribution is -2.17. The molecule has 0 spiro atoms. The molecule has 2 aromatic rings. The zero-order valence-corrected chi connectivity index (χ0v) is 11.4. The van der Waals surface area contributed by atoms with Gasteiger partial charge >= 0.3 is 0 Å². The summed E-state index contributed by atoms with van der Waals surface area (Å²) < 4.78 is 0. The van der Waals surface area contributed by atoms with E-state index in [0.29, 0.717) is 21.0 Å². The molecule has 0 atom stereocenters. The van der Waals surface area contributed by atoms with Crippen LogP contribution in [0, 0.1) is 18.3 Å². The molecule has 7 heteroatoms. The lowest BCUT2D eigenvalue weighted by molar-refractivity contribution is 0.0958. The lowest BCUT2D eigenvalue weighted by atomic mass is 10.2. The van der Waals surface area contributed by atoms with Crippen molar-refractivity contribution in [1.82, 2.24) is 10.4 Å². The third kappa shape index (κ3) is 2.81. The van der Waals surface area contributed by atoms with Gasteiger partial charge in [0.2, 0.25) is 0 Å². The van der Waals surface area contributed by atoms with Crippen molar-refractivity contribution < 1.29 is 4.79 Å². The van der Waals surface area contributed by atoms with Crippen LogP contribution in [-0.4, -0.2) is 17.1 Å². The maximum absolute atomic E-state index is 11.9. The number of nitrogens with zero attached hydrogens (tertiary/aromatic N) is 3. The Bertz CT molecular complexity index is 700. The fraction of sp³-hybridized carbons (Fsp3) is 0.0769. The van der Waals surface area contributed by atoms with E-state index in [4.69, 9.17) is 11.0 Å². The molecule has 2 heterocycles. The number of rotatable bonds is 3. The smallest absolute Gasteiger partial charge is 0.281 e. The number of hydrogen-bond acceptors (Lipinski definition) is 6. The first-order valence-electron chi connectivity index (χ1n) is 5.66. The van der Waals surface area contributed by atoms with Gasteiger partial charge in [-0.05, 0) is 30.2 Å². The average Bonchev–Trinajstić information content (AvgIpc) is 2.74. The highest BCUT2D eigenvalue weighted by Gasteiger charge is 2.17. The second kappa shape index (κ2) is 5.95. The Hall–Kier alpha value is -2.72. The summed E-state index contributed by atoms with van der Waals surface area (Å²) >= 11 is 1.08. The fourth-order valence-corrected chi connectivity index (χ4v) is 2.47. The quantitative estimate of drug-likeness (QED) is 0.661. The summed E-state index contributed by atoms with van der Waals surface area (Å²) in [4.78, 5) is 16.2. The van der Waals surface area contributed by atoms with Gasteiger partial charge in [-0.15, -0.1) is 11.3 Å². The largest absolute Gasteiger partial charge is 0.389 e. The first kappa shape index (κ1) is 13.7. The normalized spacial score (nSPS) is 10.4. The number of nitrogens with one attached hydrogen (secondary N) is 1. The molecule has 0 saturated carbocycles. The molecular formula is C13H11N5OS. The molecule has 0 aliphatic heterocycles. The number of nitrogen functional groups attached to an aromatic ring is 1. The fourth-order valence-electron chi connectivity index (χ4n) is 1.56. The third-order valence-corrected chi connectivity index (χ3v) is 3.70. The second-order valence-corrected chi connectivity index (χ2v) is 4.94. The van der Waals surface area contributed by atoms with Gasteiger partial charge in [0.25, 0.3) is 5.91 Å². The van der Waals surface area contributed by atoms with E-state index in [0.717, 1.165) is 16.9 Å². The van der Waals surface area contributed by atoms with Gasteiger partial charge < -0.3 is 5.73 Å². The molecule has 0 fully saturated rings. The molecule has 1 amide bonds. The number of pyridine rings is 1. The van der Waals surface area contributed by atoms with E-state index in [1.165, 1.54) is 6.21 Å². The number of aromatic nitrogens is 1. The SMILES string of the molecule is Cc1c(C(=O)NN=Cc2ccncc2)sc(N)c1C#N. The maximum atomic E-state index is 11.9. The van der Waals surface area contributed by atoms with Crippen molar-refractivity contribution in [3.8, 4) is 6.07 Å². The number of nitriles is 1. The predicted molar refractivity (Wildman–Crippen MR) is 77.5 cm³/mol. The Morgan fingerprint density at radius 3 is 2.85 bits per heavy atom. The van der Waals surface area contributed by atoms with Crippen LogP contribution in [0.25, 0.3) is 0 Å². The topological polar surface area (TPSA) is 104 Å². The number of carbonyl (C=O) groups excluding carboxylic acids is 1. The van der Waals surface area contributed by atoms with Gasteiger partial charge in [-0.2, -0.15) is 10.4 Å². The summed E-state index contributed by atoms with van der Waals surface area (Å²) in [5.41, 5.74) is 9.83. The Balaban J connectivity index is 2.10. The molecule has 3 N–H and O–H groups in total. The van der Waals surface area contributed by atoms with Crippen LogP contribution in [0.4, 0.5) is 5.00 Å². The van der Waals surface area contributed by atoms with Crippen LogP contribution >= 0.6 is 11.3 Å². The van der Waals surface area contributed by atoms with Crippen molar-refractivity contribution in [3.05, 3.63) is 46.1 Å². The van der Waals surface area contributed by atoms with Gasteiger partial charge in [0, 0.05) is 12.4 Å². The summed E-state index contributed by atoms with van der Waals surface area (Å²) in [6.45, 7) is 1.69. The molecule has 0 radical (unpaired) electrons. The molecule has 20 heavy (non-hydrogen) atoms. The van der Waals surface area contributed by atoms with Crippen LogP contribution in [0.5, 0.6) is 0 Å². The molecule has 6 nitrogen and oxygen atoms in total. The Labute approximate surface area is 119 Å². The molecule has 100 valence electrons.